The van der Waals surface area contributed by atoms with Crippen LogP contribution in [0.5, 0.6) is 0 Å². The van der Waals surface area contributed by atoms with Crippen molar-refractivity contribution >= 4 is 12.0 Å². The molecule has 0 radical (unpaired) electrons. The Balaban J connectivity index is 2.11. The van der Waals surface area contributed by atoms with Gasteiger partial charge in [-0.05, 0) is 12.3 Å². The molecule has 0 aromatic rings. The molecule has 0 aromatic carbocycles. The molecule has 2 fully saturated rings. The first-order valence-corrected chi connectivity index (χ1v) is 6.55. The van der Waals surface area contributed by atoms with Gasteiger partial charge in [-0.1, -0.05) is 6.92 Å². The molecule has 2 rings (SSSR count). The fraction of sp³-hybridized carbons (Fsp3) is 0.833. The van der Waals surface area contributed by atoms with Crippen LogP contribution >= 0.6 is 0 Å². The van der Waals surface area contributed by atoms with Crippen LogP contribution in [-0.4, -0.2) is 77.0 Å². The summed E-state index contributed by atoms with van der Waals surface area (Å²) in [6.45, 7) is 3.11. The highest BCUT2D eigenvalue weighted by atomic mass is 16.5. The molecule has 2 N–H and O–H groups in total. The van der Waals surface area contributed by atoms with Gasteiger partial charge in [0.25, 0.3) is 0 Å². The smallest absolute Gasteiger partial charge is 0.328 e. The number of carbonyl (C=O) groups excluding carboxylic acids is 1. The number of amides is 2. The van der Waals surface area contributed by atoms with Gasteiger partial charge in [-0.15, -0.1) is 0 Å². The highest BCUT2D eigenvalue weighted by molar-refractivity contribution is 5.83. The van der Waals surface area contributed by atoms with Crippen LogP contribution in [0.3, 0.4) is 0 Å². The molecule has 2 heterocycles. The summed E-state index contributed by atoms with van der Waals surface area (Å²) >= 11 is 0. The van der Waals surface area contributed by atoms with Crippen LogP contribution in [0.15, 0.2) is 0 Å². The molecule has 7 nitrogen and oxygen atoms in total. The van der Waals surface area contributed by atoms with E-state index in [4.69, 9.17) is 9.84 Å². The lowest BCUT2D eigenvalue weighted by atomic mass is 10.0. The number of hydrogen-bond acceptors (Lipinski definition) is 4. The Morgan fingerprint density at radius 1 is 1.32 bits per heavy atom. The molecule has 0 saturated carbocycles. The van der Waals surface area contributed by atoms with E-state index < -0.39 is 12.0 Å². The van der Waals surface area contributed by atoms with Gasteiger partial charge in [-0.3, -0.25) is 0 Å². The Kier molecular flexibility index (Phi) is 4.26. The highest BCUT2D eigenvalue weighted by Gasteiger charge is 2.40. The molecule has 7 heteroatoms. The number of carboxylic acids is 1. The second-order valence-corrected chi connectivity index (χ2v) is 5.11. The number of ether oxygens (including phenoxy) is 1. The number of rotatable bonds is 2. The summed E-state index contributed by atoms with van der Waals surface area (Å²) in [5.74, 6) is -0.820. The van der Waals surface area contributed by atoms with Crippen molar-refractivity contribution < 1.29 is 24.5 Å². The zero-order chi connectivity index (χ0) is 14.0. The minimum Gasteiger partial charge on any atom is -0.480 e. The van der Waals surface area contributed by atoms with E-state index in [1.165, 1.54) is 4.90 Å². The predicted molar refractivity (Wildman–Crippen MR) is 65.7 cm³/mol. The molecule has 3 unspecified atom stereocenters. The molecule has 0 spiro atoms. The zero-order valence-corrected chi connectivity index (χ0v) is 11.0. The summed E-state index contributed by atoms with van der Waals surface area (Å²) in [4.78, 5) is 26.5. The number of aliphatic hydroxyl groups excluding tert-OH is 1. The molecule has 19 heavy (non-hydrogen) atoms. The number of carboxylic acid groups (broad SMARTS) is 1. The molecular formula is C12H20N2O5. The number of aliphatic carboxylic acids is 1. The number of morpholine rings is 1. The molecule has 0 aromatic heterocycles. The van der Waals surface area contributed by atoms with Crippen molar-refractivity contribution in [2.24, 2.45) is 5.92 Å². The van der Waals surface area contributed by atoms with Crippen molar-refractivity contribution in [3.63, 3.8) is 0 Å². The molecule has 2 aliphatic rings. The summed E-state index contributed by atoms with van der Waals surface area (Å²) in [7, 11) is 0. The normalized spacial score (nSPS) is 31.6. The van der Waals surface area contributed by atoms with E-state index in [0.717, 1.165) is 6.42 Å². The summed E-state index contributed by atoms with van der Waals surface area (Å²) in [6.07, 6.45) is 0.832. The van der Waals surface area contributed by atoms with Crippen LogP contribution in [0, 0.1) is 5.92 Å². The van der Waals surface area contributed by atoms with Gasteiger partial charge in [-0.25, -0.2) is 9.59 Å². The van der Waals surface area contributed by atoms with E-state index in [2.05, 4.69) is 0 Å². The van der Waals surface area contributed by atoms with Gasteiger partial charge >= 0.3 is 12.0 Å². The number of nitrogens with zero attached hydrogens (tertiary/aromatic N) is 2. The molecule has 2 saturated heterocycles. The van der Waals surface area contributed by atoms with E-state index >= 15 is 0 Å². The largest absolute Gasteiger partial charge is 0.480 e. The maximum absolute atomic E-state index is 12.5. The highest BCUT2D eigenvalue weighted by Crippen LogP contribution is 2.25. The lowest BCUT2D eigenvalue weighted by molar-refractivity contribution is -0.147. The molecule has 108 valence electrons. The fourth-order valence-corrected chi connectivity index (χ4v) is 2.73. The number of urea groups is 1. The van der Waals surface area contributed by atoms with Crippen LogP contribution in [0.25, 0.3) is 0 Å². The molecule has 0 bridgehead atoms. The SMILES string of the molecule is CC1CCN(C(=O)N2CCOCC2C(=O)O)C1CO. The van der Waals surface area contributed by atoms with Gasteiger partial charge in [0.15, 0.2) is 6.04 Å². The first-order valence-electron chi connectivity index (χ1n) is 6.55. The quantitative estimate of drug-likeness (QED) is 0.713. The Hall–Kier alpha value is -1.34. The first-order chi connectivity index (χ1) is 9.06. The van der Waals surface area contributed by atoms with Crippen LogP contribution in [-0.2, 0) is 9.53 Å². The Morgan fingerprint density at radius 3 is 2.68 bits per heavy atom. The average Bonchev–Trinajstić information content (AvgIpc) is 2.78. The van der Waals surface area contributed by atoms with E-state index in [9.17, 15) is 14.7 Å². The maximum atomic E-state index is 12.5. The van der Waals surface area contributed by atoms with E-state index in [0.29, 0.717) is 13.2 Å². The first kappa shape index (κ1) is 14.1. The number of carbonyl (C=O) groups is 2. The van der Waals surface area contributed by atoms with Crippen molar-refractivity contribution in [1.29, 1.82) is 0 Å². The zero-order valence-electron chi connectivity index (χ0n) is 11.0. The van der Waals surface area contributed by atoms with Gasteiger partial charge in [-0.2, -0.15) is 0 Å². The summed E-state index contributed by atoms with van der Waals surface area (Å²) < 4.78 is 5.12. The van der Waals surface area contributed by atoms with E-state index in [1.54, 1.807) is 4.90 Å². The maximum Gasteiger partial charge on any atom is 0.328 e. The average molecular weight is 272 g/mol. The molecule has 0 aliphatic carbocycles. The lowest BCUT2D eigenvalue weighted by Crippen LogP contribution is -2.57. The van der Waals surface area contributed by atoms with Crippen LogP contribution in [0.1, 0.15) is 13.3 Å². The van der Waals surface area contributed by atoms with Crippen molar-refractivity contribution in [2.75, 3.05) is 32.9 Å². The molecule has 2 amide bonds. The number of hydrogen-bond donors (Lipinski definition) is 2. The predicted octanol–water partition coefficient (Wildman–Crippen LogP) is -0.405. The minimum atomic E-state index is -1.05. The molecular weight excluding hydrogens is 252 g/mol. The summed E-state index contributed by atoms with van der Waals surface area (Å²) in [5, 5.41) is 18.5. The van der Waals surface area contributed by atoms with Gasteiger partial charge in [0.2, 0.25) is 0 Å². The second-order valence-electron chi connectivity index (χ2n) is 5.11. The fourth-order valence-electron chi connectivity index (χ4n) is 2.73. The monoisotopic (exact) mass is 272 g/mol. The number of likely N-dealkylation sites (tertiary alicyclic amines) is 1. The third kappa shape index (κ3) is 2.66. The standard InChI is InChI=1S/C12H20N2O5/c1-8-2-3-13(9(8)6-15)12(18)14-4-5-19-7-10(14)11(16)17/h8-10,15H,2-7H2,1H3,(H,16,17). The molecule has 3 atom stereocenters. The third-order valence-corrected chi connectivity index (χ3v) is 3.97. The number of aliphatic hydroxyl groups is 1. The van der Waals surface area contributed by atoms with Crippen molar-refractivity contribution in [3.05, 3.63) is 0 Å². The topological polar surface area (TPSA) is 90.3 Å². The Labute approximate surface area is 111 Å². The van der Waals surface area contributed by atoms with Crippen molar-refractivity contribution in [1.82, 2.24) is 9.80 Å². The second kappa shape index (κ2) is 5.75. The van der Waals surface area contributed by atoms with Gasteiger partial charge < -0.3 is 24.7 Å². The minimum absolute atomic E-state index is 0.0221. The third-order valence-electron chi connectivity index (χ3n) is 3.97. The summed E-state index contributed by atoms with van der Waals surface area (Å²) in [6, 6.07) is -1.46. The van der Waals surface area contributed by atoms with Gasteiger partial charge in [0.05, 0.1) is 25.9 Å². The van der Waals surface area contributed by atoms with Crippen LogP contribution < -0.4 is 0 Å². The Morgan fingerprint density at radius 2 is 2.05 bits per heavy atom. The van der Waals surface area contributed by atoms with Crippen molar-refractivity contribution in [3.8, 4) is 0 Å². The molecule has 2 aliphatic heterocycles. The lowest BCUT2D eigenvalue weighted by Gasteiger charge is -2.37. The van der Waals surface area contributed by atoms with Gasteiger partial charge in [0.1, 0.15) is 0 Å². The van der Waals surface area contributed by atoms with E-state index in [-0.39, 0.29) is 37.7 Å². The van der Waals surface area contributed by atoms with Gasteiger partial charge in [0, 0.05) is 13.1 Å². The summed E-state index contributed by atoms with van der Waals surface area (Å²) in [5.41, 5.74) is 0. The van der Waals surface area contributed by atoms with E-state index in [1.807, 2.05) is 6.92 Å². The van der Waals surface area contributed by atoms with Crippen LogP contribution in [0.4, 0.5) is 4.79 Å². The van der Waals surface area contributed by atoms with Crippen LogP contribution in [0.2, 0.25) is 0 Å². The Bertz CT molecular complexity index is 362. The van der Waals surface area contributed by atoms with Crippen molar-refractivity contribution in [2.45, 2.75) is 25.4 Å².